The Morgan fingerprint density at radius 1 is 1.29 bits per heavy atom. The third-order valence-corrected chi connectivity index (χ3v) is 2.57. The Balaban J connectivity index is 4.23. The van der Waals surface area contributed by atoms with Crippen molar-refractivity contribution in [2.75, 3.05) is 0 Å². The van der Waals surface area contributed by atoms with Gasteiger partial charge in [0.2, 0.25) is 0 Å². The van der Waals surface area contributed by atoms with Crippen molar-refractivity contribution in [2.24, 2.45) is 11.8 Å². The van der Waals surface area contributed by atoms with Crippen LogP contribution in [0.1, 0.15) is 40.5 Å². The first-order valence-electron chi connectivity index (χ1n) is 5.00. The molecule has 0 aromatic rings. The van der Waals surface area contributed by atoms with Crippen molar-refractivity contribution in [3.8, 4) is 0 Å². The van der Waals surface area contributed by atoms with E-state index in [0.29, 0.717) is 11.5 Å². The van der Waals surface area contributed by atoms with Gasteiger partial charge in [0.1, 0.15) is 0 Å². The number of allylic oxidation sites excluding steroid dienone is 2. The van der Waals surface area contributed by atoms with Crippen LogP contribution in [0.15, 0.2) is 11.6 Å². The van der Waals surface area contributed by atoms with Crippen molar-refractivity contribution in [3.05, 3.63) is 11.6 Å². The summed E-state index contributed by atoms with van der Waals surface area (Å²) in [6.45, 7) is 7.62. The molecule has 2 unspecified atom stereocenters. The Hall–Kier alpha value is -0.470. The molecule has 0 fully saturated rings. The summed E-state index contributed by atoms with van der Waals surface area (Å²) >= 11 is 0. The Labute approximate surface area is 84.2 Å². The van der Waals surface area contributed by atoms with Gasteiger partial charge in [-0.05, 0) is 18.8 Å². The lowest BCUT2D eigenvalue weighted by Crippen LogP contribution is -2.09. The van der Waals surface area contributed by atoms with Gasteiger partial charge in [-0.2, -0.15) is 13.2 Å². The van der Waals surface area contributed by atoms with Crippen molar-refractivity contribution in [1.82, 2.24) is 0 Å². The molecular formula is C11H19F3. The van der Waals surface area contributed by atoms with E-state index in [1.54, 1.807) is 13.0 Å². The minimum absolute atomic E-state index is 0.224. The summed E-state index contributed by atoms with van der Waals surface area (Å²) in [7, 11) is 0. The molecule has 0 bridgehead atoms. The van der Waals surface area contributed by atoms with Gasteiger partial charge in [0.25, 0.3) is 0 Å². The lowest BCUT2D eigenvalue weighted by Gasteiger charge is -2.16. The van der Waals surface area contributed by atoms with Crippen molar-refractivity contribution < 1.29 is 13.2 Å². The maximum atomic E-state index is 12.0. The molecule has 0 radical (unpaired) electrons. The Morgan fingerprint density at radius 3 is 2.14 bits per heavy atom. The SMILES string of the molecule is CCC(C)C(C)/C=C(\C)CC(F)(F)F. The highest BCUT2D eigenvalue weighted by Crippen LogP contribution is 2.26. The Bertz CT molecular complexity index is 191. The number of halogens is 3. The van der Waals surface area contributed by atoms with Gasteiger partial charge >= 0.3 is 6.18 Å². The van der Waals surface area contributed by atoms with Crippen LogP contribution in [0.25, 0.3) is 0 Å². The molecule has 0 saturated heterocycles. The number of rotatable bonds is 4. The molecule has 0 aromatic carbocycles. The van der Waals surface area contributed by atoms with Crippen LogP contribution in [-0.2, 0) is 0 Å². The molecule has 0 heterocycles. The molecule has 0 saturated carbocycles. The van der Waals surface area contributed by atoms with E-state index in [1.165, 1.54) is 0 Å². The highest BCUT2D eigenvalue weighted by molar-refractivity contribution is 5.02. The van der Waals surface area contributed by atoms with Crippen LogP contribution in [0.4, 0.5) is 13.2 Å². The molecule has 0 nitrogen and oxygen atoms in total. The summed E-state index contributed by atoms with van der Waals surface area (Å²) in [6, 6.07) is 0. The van der Waals surface area contributed by atoms with Gasteiger partial charge in [-0.3, -0.25) is 0 Å². The van der Waals surface area contributed by atoms with Crippen LogP contribution < -0.4 is 0 Å². The molecule has 0 rings (SSSR count). The van der Waals surface area contributed by atoms with Gasteiger partial charge in [0.05, 0.1) is 6.42 Å². The smallest absolute Gasteiger partial charge is 0.171 e. The summed E-state index contributed by atoms with van der Waals surface area (Å²) < 4.78 is 36.0. The monoisotopic (exact) mass is 208 g/mol. The van der Waals surface area contributed by atoms with Gasteiger partial charge in [-0.15, -0.1) is 0 Å². The zero-order chi connectivity index (χ0) is 11.4. The zero-order valence-corrected chi connectivity index (χ0v) is 9.28. The maximum Gasteiger partial charge on any atom is 0.392 e. The van der Waals surface area contributed by atoms with Gasteiger partial charge in [0, 0.05) is 0 Å². The molecule has 2 atom stereocenters. The second-order valence-electron chi connectivity index (χ2n) is 4.05. The summed E-state index contributed by atoms with van der Waals surface area (Å²) in [6.07, 6.45) is -2.12. The fraction of sp³-hybridized carbons (Fsp3) is 0.818. The molecule has 14 heavy (non-hydrogen) atoms. The zero-order valence-electron chi connectivity index (χ0n) is 9.28. The largest absolute Gasteiger partial charge is 0.392 e. The molecule has 0 aliphatic heterocycles. The fourth-order valence-corrected chi connectivity index (χ4v) is 1.36. The van der Waals surface area contributed by atoms with Gasteiger partial charge in [0.15, 0.2) is 0 Å². The molecule has 3 heteroatoms. The summed E-state index contributed by atoms with van der Waals surface area (Å²) in [5, 5.41) is 0. The molecule has 0 aromatic heterocycles. The van der Waals surface area contributed by atoms with Crippen LogP contribution >= 0.6 is 0 Å². The predicted octanol–water partition coefficient (Wildman–Crippen LogP) is 4.57. The average Bonchev–Trinajstić information content (AvgIpc) is 1.99. The summed E-state index contributed by atoms with van der Waals surface area (Å²) in [4.78, 5) is 0. The third kappa shape index (κ3) is 6.06. The fourth-order valence-electron chi connectivity index (χ4n) is 1.36. The quantitative estimate of drug-likeness (QED) is 0.594. The second-order valence-corrected chi connectivity index (χ2v) is 4.05. The van der Waals surface area contributed by atoms with Crippen LogP contribution in [-0.4, -0.2) is 6.18 Å². The lowest BCUT2D eigenvalue weighted by atomic mass is 9.91. The summed E-state index contributed by atoms with van der Waals surface area (Å²) in [5.74, 6) is 0.667. The highest BCUT2D eigenvalue weighted by Gasteiger charge is 2.27. The molecule has 84 valence electrons. The highest BCUT2D eigenvalue weighted by atomic mass is 19.4. The van der Waals surface area contributed by atoms with Gasteiger partial charge in [-0.1, -0.05) is 38.8 Å². The molecule has 0 N–H and O–H groups in total. The van der Waals surface area contributed by atoms with E-state index in [0.717, 1.165) is 6.42 Å². The van der Waals surface area contributed by atoms with Gasteiger partial charge < -0.3 is 0 Å². The molecule has 0 aliphatic rings. The average molecular weight is 208 g/mol. The third-order valence-electron chi connectivity index (χ3n) is 2.57. The molecule has 0 spiro atoms. The molecular weight excluding hydrogens is 189 g/mol. The van der Waals surface area contributed by atoms with Crippen molar-refractivity contribution >= 4 is 0 Å². The van der Waals surface area contributed by atoms with Crippen LogP contribution in [0, 0.1) is 11.8 Å². The number of hydrogen-bond acceptors (Lipinski definition) is 0. The Kier molecular flexibility index (Phi) is 5.24. The van der Waals surface area contributed by atoms with E-state index >= 15 is 0 Å². The second kappa shape index (κ2) is 5.42. The van der Waals surface area contributed by atoms with Gasteiger partial charge in [-0.25, -0.2) is 0 Å². The minimum Gasteiger partial charge on any atom is -0.171 e. The predicted molar refractivity (Wildman–Crippen MR) is 53.0 cm³/mol. The van der Waals surface area contributed by atoms with Crippen molar-refractivity contribution in [1.29, 1.82) is 0 Å². The first-order valence-corrected chi connectivity index (χ1v) is 5.00. The lowest BCUT2D eigenvalue weighted by molar-refractivity contribution is -0.127. The number of hydrogen-bond donors (Lipinski definition) is 0. The maximum absolute atomic E-state index is 12.0. The van der Waals surface area contributed by atoms with E-state index in [-0.39, 0.29) is 5.92 Å². The minimum atomic E-state index is -4.07. The van der Waals surface area contributed by atoms with E-state index in [1.807, 2.05) is 13.8 Å². The molecule has 0 aliphatic carbocycles. The van der Waals surface area contributed by atoms with Crippen molar-refractivity contribution in [2.45, 2.75) is 46.7 Å². The van der Waals surface area contributed by atoms with E-state index in [4.69, 9.17) is 0 Å². The van der Waals surface area contributed by atoms with Crippen LogP contribution in [0.2, 0.25) is 0 Å². The van der Waals surface area contributed by atoms with E-state index in [9.17, 15) is 13.2 Å². The van der Waals surface area contributed by atoms with Crippen LogP contribution in [0.5, 0.6) is 0 Å². The number of alkyl halides is 3. The molecule has 0 amide bonds. The first-order chi connectivity index (χ1) is 6.26. The van der Waals surface area contributed by atoms with Crippen LogP contribution in [0.3, 0.4) is 0 Å². The van der Waals surface area contributed by atoms with E-state index in [2.05, 4.69) is 6.92 Å². The summed E-state index contributed by atoms with van der Waals surface area (Å²) in [5.41, 5.74) is 0.422. The van der Waals surface area contributed by atoms with Crippen molar-refractivity contribution in [3.63, 3.8) is 0 Å². The topological polar surface area (TPSA) is 0 Å². The van der Waals surface area contributed by atoms with E-state index < -0.39 is 12.6 Å². The Morgan fingerprint density at radius 2 is 1.79 bits per heavy atom. The first kappa shape index (κ1) is 13.5. The normalized spacial score (nSPS) is 18.1. The standard InChI is InChI=1S/C11H19F3/c1-5-9(3)10(4)6-8(2)7-11(12,13)14/h6,9-10H,5,7H2,1-4H3/b8-6+.